The minimum atomic E-state index is -1.23. The zero-order valence-corrected chi connectivity index (χ0v) is 26.0. The number of halogens is 1. The smallest absolute Gasteiger partial charge is 0.247 e. The lowest BCUT2D eigenvalue weighted by molar-refractivity contribution is -0.139. The standard InChI is InChI=1S/C30H37IN2O9/c1-39-13-9-27(36)33(11-8-20-6-4-5-7-24(20)40-2)23-16-21(30(38)32-10-12-34)17-25(28(23)37)42-29-22(31)14-19(18-35)15-26(29)41-3/h4-7,14-15,17-18,23,25,28,34,37H,8-13,16H2,1-3H3,(H,32,38). The van der Waals surface area contributed by atoms with Crippen molar-refractivity contribution in [3.05, 3.63) is 62.7 Å². The average molecular weight is 697 g/mol. The van der Waals surface area contributed by atoms with Gasteiger partial charge in [0.1, 0.15) is 24.2 Å². The number of ether oxygens (including phenoxy) is 4. The lowest BCUT2D eigenvalue weighted by atomic mass is 9.87. The van der Waals surface area contributed by atoms with Gasteiger partial charge in [0.05, 0.1) is 43.5 Å². The van der Waals surface area contributed by atoms with Crippen molar-refractivity contribution in [1.82, 2.24) is 10.2 Å². The first-order chi connectivity index (χ1) is 20.3. The first-order valence-electron chi connectivity index (χ1n) is 13.4. The molecule has 1 aliphatic carbocycles. The highest BCUT2D eigenvalue weighted by atomic mass is 127. The third-order valence-electron chi connectivity index (χ3n) is 6.91. The molecular formula is C30H37IN2O9. The molecule has 2 aromatic carbocycles. The molecule has 3 N–H and O–H groups in total. The van der Waals surface area contributed by atoms with E-state index >= 15 is 0 Å². The zero-order chi connectivity index (χ0) is 30.6. The summed E-state index contributed by atoms with van der Waals surface area (Å²) in [4.78, 5) is 39.5. The number of nitrogens with zero attached hydrogens (tertiary/aromatic N) is 1. The molecule has 0 aromatic heterocycles. The van der Waals surface area contributed by atoms with Gasteiger partial charge in [0.2, 0.25) is 11.8 Å². The first-order valence-corrected chi connectivity index (χ1v) is 14.5. The number of amides is 2. The number of aliphatic hydroxyl groups is 2. The number of benzene rings is 2. The van der Waals surface area contributed by atoms with Crippen LogP contribution in [-0.4, -0.2) is 99.1 Å². The number of hydrogen-bond acceptors (Lipinski definition) is 9. The minimum absolute atomic E-state index is 0.0398. The van der Waals surface area contributed by atoms with E-state index in [4.69, 9.17) is 18.9 Å². The third-order valence-corrected chi connectivity index (χ3v) is 7.71. The molecule has 2 amide bonds. The quantitative estimate of drug-likeness (QED) is 0.189. The summed E-state index contributed by atoms with van der Waals surface area (Å²) in [6.07, 6.45) is 0.505. The van der Waals surface area contributed by atoms with Crippen LogP contribution in [0, 0.1) is 3.57 Å². The van der Waals surface area contributed by atoms with Crippen LogP contribution >= 0.6 is 22.6 Å². The Morgan fingerprint density at radius 2 is 1.88 bits per heavy atom. The van der Waals surface area contributed by atoms with E-state index in [-0.39, 0.29) is 56.6 Å². The van der Waals surface area contributed by atoms with E-state index in [1.165, 1.54) is 26.4 Å². The Morgan fingerprint density at radius 3 is 2.55 bits per heavy atom. The minimum Gasteiger partial charge on any atom is -0.496 e. The Morgan fingerprint density at radius 1 is 1.14 bits per heavy atom. The van der Waals surface area contributed by atoms with Crippen molar-refractivity contribution < 1.29 is 43.5 Å². The predicted octanol–water partition coefficient (Wildman–Crippen LogP) is 2.14. The van der Waals surface area contributed by atoms with Gasteiger partial charge >= 0.3 is 0 Å². The fourth-order valence-electron chi connectivity index (χ4n) is 4.80. The Kier molecular flexibility index (Phi) is 13.0. The molecule has 0 fully saturated rings. The zero-order valence-electron chi connectivity index (χ0n) is 23.9. The third kappa shape index (κ3) is 8.43. The molecule has 0 heterocycles. The number of carbonyl (C=O) groups is 3. The van der Waals surface area contributed by atoms with Crippen LogP contribution in [0.15, 0.2) is 48.0 Å². The largest absolute Gasteiger partial charge is 0.496 e. The van der Waals surface area contributed by atoms with E-state index in [9.17, 15) is 24.6 Å². The van der Waals surface area contributed by atoms with E-state index in [0.29, 0.717) is 33.2 Å². The Balaban J connectivity index is 2.01. The summed E-state index contributed by atoms with van der Waals surface area (Å²) < 4.78 is 22.9. The molecule has 0 bridgehead atoms. The summed E-state index contributed by atoms with van der Waals surface area (Å²) in [7, 11) is 4.51. The molecule has 12 heteroatoms. The van der Waals surface area contributed by atoms with Crippen molar-refractivity contribution in [2.24, 2.45) is 0 Å². The molecule has 0 aliphatic heterocycles. The SMILES string of the molecule is COCCC(=O)N(CCc1ccccc1OC)C1CC(C(=O)NCCO)=CC(Oc2c(I)cc(C=O)cc2OC)C1O. The van der Waals surface area contributed by atoms with Gasteiger partial charge in [-0.1, -0.05) is 18.2 Å². The van der Waals surface area contributed by atoms with E-state index < -0.39 is 24.2 Å². The second-order valence-electron chi connectivity index (χ2n) is 9.56. The second-order valence-corrected chi connectivity index (χ2v) is 10.7. The molecule has 3 atom stereocenters. The van der Waals surface area contributed by atoms with Gasteiger partial charge in [-0.25, -0.2) is 0 Å². The maximum atomic E-state index is 13.5. The van der Waals surface area contributed by atoms with E-state index in [0.717, 1.165) is 5.56 Å². The van der Waals surface area contributed by atoms with Gasteiger partial charge in [-0.2, -0.15) is 0 Å². The summed E-state index contributed by atoms with van der Waals surface area (Å²) in [5.74, 6) is 0.542. The lowest BCUT2D eigenvalue weighted by Crippen LogP contribution is -2.55. The average Bonchev–Trinajstić information content (AvgIpc) is 3.00. The topological polar surface area (TPSA) is 144 Å². The highest BCUT2D eigenvalue weighted by molar-refractivity contribution is 14.1. The molecule has 3 unspecified atom stereocenters. The van der Waals surface area contributed by atoms with Gasteiger partial charge in [-0.15, -0.1) is 0 Å². The molecule has 0 saturated carbocycles. The van der Waals surface area contributed by atoms with Crippen LogP contribution in [0.4, 0.5) is 0 Å². The number of methoxy groups -OCH3 is 3. The van der Waals surface area contributed by atoms with Crippen molar-refractivity contribution in [3.8, 4) is 17.2 Å². The maximum Gasteiger partial charge on any atom is 0.247 e. The molecule has 0 saturated heterocycles. The van der Waals surface area contributed by atoms with Crippen molar-refractivity contribution in [2.75, 3.05) is 47.6 Å². The van der Waals surface area contributed by atoms with Gasteiger partial charge in [-0.3, -0.25) is 14.4 Å². The van der Waals surface area contributed by atoms with Crippen molar-refractivity contribution in [1.29, 1.82) is 0 Å². The van der Waals surface area contributed by atoms with Gasteiger partial charge < -0.3 is 39.4 Å². The number of nitrogens with one attached hydrogen (secondary N) is 1. The Hall–Kier alpha value is -3.20. The van der Waals surface area contributed by atoms with E-state index in [2.05, 4.69) is 5.32 Å². The monoisotopic (exact) mass is 696 g/mol. The summed E-state index contributed by atoms with van der Waals surface area (Å²) >= 11 is 2.01. The normalized spacial score (nSPS) is 18.0. The molecule has 0 spiro atoms. The van der Waals surface area contributed by atoms with Gasteiger partial charge in [0.15, 0.2) is 11.5 Å². The molecule has 228 valence electrons. The number of aldehydes is 1. The van der Waals surface area contributed by atoms with E-state index in [1.54, 1.807) is 18.1 Å². The van der Waals surface area contributed by atoms with Gasteiger partial charge in [0, 0.05) is 37.8 Å². The van der Waals surface area contributed by atoms with Gasteiger partial charge in [-0.05, 0) is 58.9 Å². The van der Waals surface area contributed by atoms with Crippen LogP contribution in [0.1, 0.15) is 28.8 Å². The summed E-state index contributed by atoms with van der Waals surface area (Å²) in [5.41, 5.74) is 1.56. The summed E-state index contributed by atoms with van der Waals surface area (Å²) in [6.45, 7) is 0.213. The molecule has 1 aliphatic rings. The van der Waals surface area contributed by atoms with Crippen LogP contribution in [0.5, 0.6) is 17.2 Å². The van der Waals surface area contributed by atoms with Crippen molar-refractivity contribution >= 4 is 40.7 Å². The molecular weight excluding hydrogens is 659 g/mol. The predicted molar refractivity (Wildman–Crippen MR) is 163 cm³/mol. The number of hydrogen-bond donors (Lipinski definition) is 3. The number of aliphatic hydroxyl groups excluding tert-OH is 2. The van der Waals surface area contributed by atoms with Crippen LogP contribution in [0.2, 0.25) is 0 Å². The molecule has 11 nitrogen and oxygen atoms in total. The van der Waals surface area contributed by atoms with Gasteiger partial charge in [0.25, 0.3) is 0 Å². The maximum absolute atomic E-state index is 13.5. The van der Waals surface area contributed by atoms with Crippen molar-refractivity contribution in [3.63, 3.8) is 0 Å². The fourth-order valence-corrected chi connectivity index (χ4v) is 5.55. The highest BCUT2D eigenvalue weighted by Gasteiger charge is 2.40. The molecule has 3 rings (SSSR count). The molecule has 0 radical (unpaired) electrons. The van der Waals surface area contributed by atoms with Crippen LogP contribution in [-0.2, 0) is 20.7 Å². The number of carbonyl (C=O) groups excluding carboxylic acids is 3. The van der Waals surface area contributed by atoms with Crippen LogP contribution in [0.3, 0.4) is 0 Å². The van der Waals surface area contributed by atoms with Crippen LogP contribution in [0.25, 0.3) is 0 Å². The summed E-state index contributed by atoms with van der Waals surface area (Å²) in [5, 5.41) is 23.6. The summed E-state index contributed by atoms with van der Waals surface area (Å²) in [6, 6.07) is 9.79. The van der Waals surface area contributed by atoms with Crippen molar-refractivity contribution in [2.45, 2.75) is 37.5 Å². The second kappa shape index (κ2) is 16.4. The lowest BCUT2D eigenvalue weighted by Gasteiger charge is -2.41. The fraction of sp³-hybridized carbons (Fsp3) is 0.433. The first kappa shape index (κ1) is 33.3. The number of rotatable bonds is 15. The van der Waals surface area contributed by atoms with Crippen LogP contribution < -0.4 is 19.5 Å². The Bertz CT molecular complexity index is 1270. The Labute approximate surface area is 258 Å². The number of para-hydroxylation sites is 1. The van der Waals surface area contributed by atoms with E-state index in [1.807, 2.05) is 46.9 Å². The molecule has 42 heavy (non-hydrogen) atoms. The molecule has 2 aromatic rings. The highest BCUT2D eigenvalue weighted by Crippen LogP contribution is 2.37.